The summed E-state index contributed by atoms with van der Waals surface area (Å²) >= 11 is 1.38. The Morgan fingerprint density at radius 3 is 2.32 bits per heavy atom. The first-order valence-electron chi connectivity index (χ1n) is 10.6. The van der Waals surface area contributed by atoms with Crippen molar-refractivity contribution in [3.05, 3.63) is 71.2 Å². The zero-order valence-electron chi connectivity index (χ0n) is 17.2. The second-order valence-electron chi connectivity index (χ2n) is 7.94. The summed E-state index contributed by atoms with van der Waals surface area (Å²) < 4.78 is 0. The molecule has 7 heteroatoms. The summed E-state index contributed by atoms with van der Waals surface area (Å²) in [6.07, 6.45) is 2.19. The number of benzene rings is 2. The van der Waals surface area contributed by atoms with Gasteiger partial charge in [-0.15, -0.1) is 11.3 Å². The fourth-order valence-corrected chi connectivity index (χ4v) is 5.00. The molecular weight excluding hydrogens is 408 g/mol. The Labute approximate surface area is 185 Å². The van der Waals surface area contributed by atoms with E-state index in [1.165, 1.54) is 16.9 Å². The molecule has 0 spiro atoms. The first-order valence-corrected chi connectivity index (χ1v) is 11.5. The maximum atomic E-state index is 12.7. The van der Waals surface area contributed by atoms with E-state index in [1.54, 1.807) is 6.20 Å². The van der Waals surface area contributed by atoms with Crippen LogP contribution in [0.4, 0.5) is 5.69 Å². The first kappa shape index (κ1) is 19.9. The van der Waals surface area contributed by atoms with E-state index in [9.17, 15) is 9.59 Å². The third-order valence-corrected chi connectivity index (χ3v) is 6.88. The maximum absolute atomic E-state index is 12.7. The number of carbonyl (C=O) groups is 2. The van der Waals surface area contributed by atoms with Crippen LogP contribution in [0.5, 0.6) is 0 Å². The molecule has 2 aliphatic rings. The predicted octanol–water partition coefficient (Wildman–Crippen LogP) is 3.37. The van der Waals surface area contributed by atoms with Gasteiger partial charge in [0.05, 0.1) is 0 Å². The fraction of sp³-hybridized carbons (Fsp3) is 0.292. The van der Waals surface area contributed by atoms with Crippen LogP contribution in [0.1, 0.15) is 16.2 Å². The number of hydrogen-bond acceptors (Lipinski definition) is 5. The molecule has 158 valence electrons. The molecule has 0 radical (unpaired) electrons. The Morgan fingerprint density at radius 2 is 1.65 bits per heavy atom. The SMILES string of the molecule is O=C(c1nccs1)N1CCN(C2CC(=O)N(c3ccc(-c4ccccc4)cc3)C2)CC1. The zero-order valence-corrected chi connectivity index (χ0v) is 18.0. The molecule has 31 heavy (non-hydrogen) atoms. The Morgan fingerprint density at radius 1 is 0.935 bits per heavy atom. The van der Waals surface area contributed by atoms with E-state index in [-0.39, 0.29) is 17.9 Å². The van der Waals surface area contributed by atoms with Gasteiger partial charge in [0, 0.05) is 62.5 Å². The minimum Gasteiger partial charge on any atom is -0.334 e. The highest BCUT2D eigenvalue weighted by Gasteiger charge is 2.36. The smallest absolute Gasteiger partial charge is 0.282 e. The lowest BCUT2D eigenvalue weighted by molar-refractivity contribution is -0.117. The van der Waals surface area contributed by atoms with Crippen molar-refractivity contribution in [1.29, 1.82) is 0 Å². The van der Waals surface area contributed by atoms with Crippen molar-refractivity contribution in [3.63, 3.8) is 0 Å². The predicted molar refractivity (Wildman–Crippen MR) is 122 cm³/mol. The molecule has 5 rings (SSSR count). The second-order valence-corrected chi connectivity index (χ2v) is 8.84. The Bertz CT molecular complexity index is 1040. The van der Waals surface area contributed by atoms with Crippen molar-refractivity contribution in [2.75, 3.05) is 37.6 Å². The molecule has 0 aliphatic carbocycles. The largest absolute Gasteiger partial charge is 0.334 e. The molecular formula is C24H24N4O2S. The number of anilines is 1. The van der Waals surface area contributed by atoms with Gasteiger partial charge in [-0.05, 0) is 23.3 Å². The summed E-state index contributed by atoms with van der Waals surface area (Å²) in [5, 5.41) is 2.38. The minimum absolute atomic E-state index is 0.0114. The van der Waals surface area contributed by atoms with E-state index in [1.807, 2.05) is 45.5 Å². The molecule has 3 aromatic rings. The molecule has 2 aromatic carbocycles. The van der Waals surface area contributed by atoms with E-state index in [0.29, 0.717) is 31.1 Å². The molecule has 1 atom stereocenters. The van der Waals surface area contributed by atoms with Crippen LogP contribution in [-0.2, 0) is 4.79 Å². The number of aromatic nitrogens is 1. The van der Waals surface area contributed by atoms with Crippen LogP contribution >= 0.6 is 11.3 Å². The van der Waals surface area contributed by atoms with Gasteiger partial charge in [-0.2, -0.15) is 0 Å². The summed E-state index contributed by atoms with van der Waals surface area (Å²) in [6, 6.07) is 18.7. The molecule has 1 aromatic heterocycles. The van der Waals surface area contributed by atoms with Crippen LogP contribution < -0.4 is 4.90 Å². The third kappa shape index (κ3) is 4.11. The van der Waals surface area contributed by atoms with Gasteiger partial charge in [-0.25, -0.2) is 4.98 Å². The van der Waals surface area contributed by atoms with Crippen LogP contribution in [0.2, 0.25) is 0 Å². The monoisotopic (exact) mass is 432 g/mol. The number of thiazole rings is 1. The van der Waals surface area contributed by atoms with Crippen LogP contribution in [0.25, 0.3) is 11.1 Å². The van der Waals surface area contributed by atoms with E-state index < -0.39 is 0 Å². The summed E-state index contributed by atoms with van der Waals surface area (Å²) in [4.78, 5) is 35.5. The molecule has 6 nitrogen and oxygen atoms in total. The van der Waals surface area contributed by atoms with Crippen molar-refractivity contribution in [1.82, 2.24) is 14.8 Å². The molecule has 0 saturated carbocycles. The number of carbonyl (C=O) groups excluding carboxylic acids is 2. The van der Waals surface area contributed by atoms with Gasteiger partial charge in [-0.1, -0.05) is 42.5 Å². The van der Waals surface area contributed by atoms with Gasteiger partial charge in [0.15, 0.2) is 5.01 Å². The highest BCUT2D eigenvalue weighted by molar-refractivity contribution is 7.11. The van der Waals surface area contributed by atoms with E-state index in [4.69, 9.17) is 0 Å². The molecule has 0 bridgehead atoms. The normalized spacial score (nSPS) is 19.7. The molecule has 1 unspecified atom stereocenters. The summed E-state index contributed by atoms with van der Waals surface area (Å²) in [6.45, 7) is 3.62. The van der Waals surface area contributed by atoms with Crippen LogP contribution in [0, 0.1) is 0 Å². The Balaban J connectivity index is 1.20. The van der Waals surface area contributed by atoms with Gasteiger partial charge in [0.25, 0.3) is 5.91 Å². The van der Waals surface area contributed by atoms with Gasteiger partial charge in [-0.3, -0.25) is 14.5 Å². The quantitative estimate of drug-likeness (QED) is 0.634. The lowest BCUT2D eigenvalue weighted by Crippen LogP contribution is -2.52. The lowest BCUT2D eigenvalue weighted by atomic mass is 10.1. The van der Waals surface area contributed by atoms with Gasteiger partial charge in [0.2, 0.25) is 5.91 Å². The number of nitrogens with zero attached hydrogens (tertiary/aromatic N) is 4. The number of hydrogen-bond donors (Lipinski definition) is 0. The molecule has 2 saturated heterocycles. The zero-order chi connectivity index (χ0) is 21.2. The Hall–Kier alpha value is -3.03. The highest BCUT2D eigenvalue weighted by Crippen LogP contribution is 2.28. The summed E-state index contributed by atoms with van der Waals surface area (Å²) in [5.74, 6) is 0.177. The topological polar surface area (TPSA) is 56.8 Å². The lowest BCUT2D eigenvalue weighted by Gasteiger charge is -2.37. The van der Waals surface area contributed by atoms with Gasteiger partial charge < -0.3 is 9.80 Å². The van der Waals surface area contributed by atoms with E-state index in [0.717, 1.165) is 24.3 Å². The van der Waals surface area contributed by atoms with Crippen LogP contribution in [0.3, 0.4) is 0 Å². The minimum atomic E-state index is 0.0114. The highest BCUT2D eigenvalue weighted by atomic mass is 32.1. The van der Waals surface area contributed by atoms with Crippen molar-refractivity contribution in [3.8, 4) is 11.1 Å². The summed E-state index contributed by atoms with van der Waals surface area (Å²) in [5.41, 5.74) is 3.27. The number of amides is 2. The van der Waals surface area contributed by atoms with Gasteiger partial charge in [0.1, 0.15) is 0 Å². The standard InChI is InChI=1S/C24H24N4O2S/c29-22-16-21(26-11-13-27(14-12-26)24(30)23-25-10-15-31-23)17-28(22)20-8-6-19(7-9-20)18-4-2-1-3-5-18/h1-10,15,21H,11-14,16-17H2. The first-order chi connectivity index (χ1) is 15.2. The van der Waals surface area contributed by atoms with Crippen molar-refractivity contribution < 1.29 is 9.59 Å². The summed E-state index contributed by atoms with van der Waals surface area (Å²) in [7, 11) is 0. The maximum Gasteiger partial charge on any atom is 0.282 e. The Kier molecular flexibility index (Phi) is 5.53. The third-order valence-electron chi connectivity index (χ3n) is 6.12. The van der Waals surface area contributed by atoms with Crippen LogP contribution in [-0.4, -0.2) is 65.4 Å². The number of piperazine rings is 1. The number of rotatable bonds is 4. The molecule has 2 aliphatic heterocycles. The molecule has 0 N–H and O–H groups in total. The van der Waals surface area contributed by atoms with Gasteiger partial charge >= 0.3 is 0 Å². The van der Waals surface area contributed by atoms with Crippen molar-refractivity contribution in [2.24, 2.45) is 0 Å². The fourth-order valence-electron chi connectivity index (χ4n) is 4.40. The average molecular weight is 433 g/mol. The molecule has 2 fully saturated rings. The second kappa shape index (κ2) is 8.61. The van der Waals surface area contributed by atoms with E-state index >= 15 is 0 Å². The molecule has 3 heterocycles. The van der Waals surface area contributed by atoms with Crippen LogP contribution in [0.15, 0.2) is 66.2 Å². The van der Waals surface area contributed by atoms with E-state index in [2.05, 4.69) is 34.1 Å². The van der Waals surface area contributed by atoms with Crippen molar-refractivity contribution >= 4 is 28.8 Å². The van der Waals surface area contributed by atoms with Crippen molar-refractivity contribution in [2.45, 2.75) is 12.5 Å². The molecule has 2 amide bonds. The average Bonchev–Trinajstić information content (AvgIpc) is 3.50.